The average molecular weight is 280 g/mol. The van der Waals surface area contributed by atoms with Crippen LogP contribution in [-0.2, 0) is 9.53 Å². The summed E-state index contributed by atoms with van der Waals surface area (Å²) in [4.78, 5) is 13.9. The van der Waals surface area contributed by atoms with Gasteiger partial charge in [0.15, 0.2) is 0 Å². The molecule has 1 rings (SSSR count). The van der Waals surface area contributed by atoms with E-state index in [0.717, 1.165) is 16.8 Å². The van der Waals surface area contributed by atoms with Crippen molar-refractivity contribution in [3.63, 3.8) is 0 Å². The Hall–Kier alpha value is -1.62. The molecule has 0 saturated heterocycles. The molecule has 1 aromatic carbocycles. The Morgan fingerprint density at radius 1 is 1.42 bits per heavy atom. The molecular weight excluding hydrogens is 260 g/mol. The van der Waals surface area contributed by atoms with Gasteiger partial charge in [0.05, 0.1) is 6.61 Å². The molecule has 19 heavy (non-hydrogen) atoms. The van der Waals surface area contributed by atoms with Gasteiger partial charge in [-0.15, -0.1) is 0 Å². The van der Waals surface area contributed by atoms with Crippen LogP contribution >= 0.6 is 12.2 Å². The fraction of sp³-hybridized carbons (Fsp3) is 0.429. The molecule has 0 amide bonds. The van der Waals surface area contributed by atoms with E-state index in [2.05, 4.69) is 0 Å². The Morgan fingerprint density at radius 3 is 2.63 bits per heavy atom. The third-order valence-electron chi connectivity index (χ3n) is 2.77. The number of ether oxygens (including phenoxy) is 1. The van der Waals surface area contributed by atoms with Crippen LogP contribution in [-0.4, -0.2) is 30.7 Å². The fourth-order valence-electron chi connectivity index (χ4n) is 1.84. The number of nitrogens with zero attached hydrogens (tertiary/aromatic N) is 1. The van der Waals surface area contributed by atoms with Crippen LogP contribution in [0.5, 0.6) is 0 Å². The quantitative estimate of drug-likeness (QED) is 0.638. The van der Waals surface area contributed by atoms with Gasteiger partial charge in [-0.25, -0.2) is 0 Å². The van der Waals surface area contributed by atoms with Gasteiger partial charge in [-0.2, -0.15) is 0 Å². The van der Waals surface area contributed by atoms with Crippen LogP contribution in [0.4, 0.5) is 5.69 Å². The first-order valence-corrected chi connectivity index (χ1v) is 6.71. The SMILES string of the molecule is CCOC(=O)CN(CC)c1cc(C)ccc1C(N)=S. The van der Waals surface area contributed by atoms with Gasteiger partial charge in [0.25, 0.3) is 0 Å². The van der Waals surface area contributed by atoms with Crippen LogP contribution in [0.1, 0.15) is 25.0 Å². The number of benzene rings is 1. The molecule has 1 aromatic rings. The Balaban J connectivity index is 3.06. The molecular formula is C14H20N2O2S. The van der Waals surface area contributed by atoms with E-state index in [0.29, 0.717) is 18.1 Å². The number of nitrogens with two attached hydrogens (primary N) is 1. The monoisotopic (exact) mass is 280 g/mol. The summed E-state index contributed by atoms with van der Waals surface area (Å²) in [5.41, 5.74) is 8.49. The number of likely N-dealkylation sites (N-methyl/N-ethyl adjacent to an activating group) is 1. The molecule has 0 spiro atoms. The number of hydrogen-bond acceptors (Lipinski definition) is 4. The third-order valence-corrected chi connectivity index (χ3v) is 2.99. The molecule has 104 valence electrons. The predicted molar refractivity (Wildman–Crippen MR) is 81.6 cm³/mol. The maximum atomic E-state index is 11.6. The minimum Gasteiger partial charge on any atom is -0.465 e. The van der Waals surface area contributed by atoms with E-state index in [4.69, 9.17) is 22.7 Å². The van der Waals surface area contributed by atoms with Crippen LogP contribution in [0.15, 0.2) is 18.2 Å². The first-order valence-electron chi connectivity index (χ1n) is 6.30. The van der Waals surface area contributed by atoms with Crippen molar-refractivity contribution in [2.75, 3.05) is 24.6 Å². The highest BCUT2D eigenvalue weighted by Crippen LogP contribution is 2.22. The van der Waals surface area contributed by atoms with Crippen molar-refractivity contribution in [3.05, 3.63) is 29.3 Å². The highest BCUT2D eigenvalue weighted by Gasteiger charge is 2.15. The van der Waals surface area contributed by atoms with Gasteiger partial charge in [-0.3, -0.25) is 4.79 Å². The van der Waals surface area contributed by atoms with Crippen molar-refractivity contribution in [1.29, 1.82) is 0 Å². The number of aryl methyl sites for hydroxylation is 1. The topological polar surface area (TPSA) is 55.6 Å². The minimum absolute atomic E-state index is 0.198. The lowest BCUT2D eigenvalue weighted by Gasteiger charge is -2.25. The van der Waals surface area contributed by atoms with Gasteiger partial charge >= 0.3 is 5.97 Å². The number of rotatable bonds is 6. The zero-order valence-corrected chi connectivity index (χ0v) is 12.4. The summed E-state index contributed by atoms with van der Waals surface area (Å²) in [6.45, 7) is 7.02. The van der Waals surface area contributed by atoms with Gasteiger partial charge in [-0.05, 0) is 38.5 Å². The van der Waals surface area contributed by atoms with Crippen molar-refractivity contribution in [2.24, 2.45) is 5.73 Å². The fourth-order valence-corrected chi connectivity index (χ4v) is 2.01. The Labute approximate surface area is 119 Å². The highest BCUT2D eigenvalue weighted by atomic mass is 32.1. The zero-order chi connectivity index (χ0) is 14.4. The highest BCUT2D eigenvalue weighted by molar-refractivity contribution is 7.80. The number of carbonyl (C=O) groups excluding carboxylic acids is 1. The second-order valence-corrected chi connectivity index (χ2v) is 4.64. The molecule has 0 heterocycles. The van der Waals surface area contributed by atoms with E-state index >= 15 is 0 Å². The maximum absolute atomic E-state index is 11.6. The Bertz CT molecular complexity index is 475. The molecule has 0 unspecified atom stereocenters. The van der Waals surface area contributed by atoms with Gasteiger partial charge in [0.1, 0.15) is 11.5 Å². The standard InChI is InChI=1S/C14H20N2O2S/c1-4-16(9-13(17)18-5-2)12-8-10(3)6-7-11(12)14(15)19/h6-8H,4-5,9H2,1-3H3,(H2,15,19). The summed E-state index contributed by atoms with van der Waals surface area (Å²) in [5, 5.41) is 0. The van der Waals surface area contributed by atoms with Crippen LogP contribution in [0.3, 0.4) is 0 Å². The van der Waals surface area contributed by atoms with Gasteiger partial charge in [0, 0.05) is 17.8 Å². The summed E-state index contributed by atoms with van der Waals surface area (Å²) in [7, 11) is 0. The number of esters is 1. The molecule has 0 bridgehead atoms. The van der Waals surface area contributed by atoms with Crippen molar-refractivity contribution in [2.45, 2.75) is 20.8 Å². The van der Waals surface area contributed by atoms with Crippen molar-refractivity contribution < 1.29 is 9.53 Å². The first kappa shape index (κ1) is 15.4. The number of carbonyl (C=O) groups is 1. The summed E-state index contributed by atoms with van der Waals surface area (Å²) in [6.07, 6.45) is 0. The Kier molecular flexibility index (Phi) is 5.76. The molecule has 0 fully saturated rings. The normalized spacial score (nSPS) is 10.1. The maximum Gasteiger partial charge on any atom is 0.325 e. The lowest BCUT2D eigenvalue weighted by atomic mass is 10.1. The summed E-state index contributed by atoms with van der Waals surface area (Å²) < 4.78 is 4.98. The molecule has 0 atom stereocenters. The van der Waals surface area contributed by atoms with Crippen molar-refractivity contribution >= 4 is 28.9 Å². The molecule has 0 radical (unpaired) electrons. The largest absolute Gasteiger partial charge is 0.465 e. The molecule has 0 aliphatic heterocycles. The smallest absolute Gasteiger partial charge is 0.325 e. The van der Waals surface area contributed by atoms with Crippen LogP contribution in [0.25, 0.3) is 0 Å². The number of hydrogen-bond donors (Lipinski definition) is 1. The molecule has 0 aromatic heterocycles. The first-order chi connectivity index (χ1) is 8.99. The summed E-state index contributed by atoms with van der Waals surface area (Å²) in [5.74, 6) is -0.250. The molecule has 2 N–H and O–H groups in total. The van der Waals surface area contributed by atoms with E-state index in [1.54, 1.807) is 6.92 Å². The molecule has 4 nitrogen and oxygen atoms in total. The van der Waals surface area contributed by atoms with E-state index in [9.17, 15) is 4.79 Å². The van der Waals surface area contributed by atoms with Gasteiger partial charge in [0.2, 0.25) is 0 Å². The van der Waals surface area contributed by atoms with Crippen molar-refractivity contribution in [3.8, 4) is 0 Å². The second kappa shape index (κ2) is 7.09. The third kappa shape index (κ3) is 4.21. The molecule has 0 aliphatic carbocycles. The lowest BCUT2D eigenvalue weighted by molar-refractivity contribution is -0.141. The second-order valence-electron chi connectivity index (χ2n) is 4.20. The predicted octanol–water partition coefficient (Wildman–Crippen LogP) is 2.02. The lowest BCUT2D eigenvalue weighted by Crippen LogP contribution is -2.32. The van der Waals surface area contributed by atoms with E-state index in [-0.39, 0.29) is 12.5 Å². The van der Waals surface area contributed by atoms with Crippen molar-refractivity contribution in [1.82, 2.24) is 0 Å². The van der Waals surface area contributed by atoms with Crippen LogP contribution < -0.4 is 10.6 Å². The van der Waals surface area contributed by atoms with E-state index in [1.165, 1.54) is 0 Å². The van der Waals surface area contributed by atoms with E-state index < -0.39 is 0 Å². The van der Waals surface area contributed by atoms with Crippen LogP contribution in [0, 0.1) is 6.92 Å². The zero-order valence-electron chi connectivity index (χ0n) is 11.6. The van der Waals surface area contributed by atoms with Gasteiger partial charge < -0.3 is 15.4 Å². The summed E-state index contributed by atoms with van der Waals surface area (Å²) >= 11 is 5.06. The van der Waals surface area contributed by atoms with Crippen LogP contribution in [0.2, 0.25) is 0 Å². The van der Waals surface area contributed by atoms with E-state index in [1.807, 2.05) is 36.9 Å². The number of anilines is 1. The molecule has 5 heteroatoms. The minimum atomic E-state index is -0.250. The Morgan fingerprint density at radius 2 is 2.11 bits per heavy atom. The average Bonchev–Trinajstić information content (AvgIpc) is 2.35. The number of thiocarbonyl (C=S) groups is 1. The summed E-state index contributed by atoms with van der Waals surface area (Å²) in [6, 6.07) is 5.83. The molecule has 0 aliphatic rings. The molecule has 0 saturated carbocycles. The van der Waals surface area contributed by atoms with Gasteiger partial charge in [-0.1, -0.05) is 18.3 Å².